The highest BCUT2D eigenvalue weighted by molar-refractivity contribution is 7.47. The lowest BCUT2D eigenvalue weighted by molar-refractivity contribution is -0.161. The zero-order chi connectivity index (χ0) is 43.2. The molecule has 0 saturated carbocycles. The number of phosphoric ester groups is 1. The minimum Gasteiger partial charge on any atom is -0.462 e. The summed E-state index contributed by atoms with van der Waals surface area (Å²) in [4.78, 5) is 34.9. The molecule has 0 aliphatic carbocycles. The highest BCUT2D eigenvalue weighted by Crippen LogP contribution is 2.43. The second kappa shape index (κ2) is 45.0. The molecule has 0 aromatic carbocycles. The van der Waals surface area contributed by atoms with Crippen molar-refractivity contribution in [1.82, 2.24) is 0 Å². The maximum atomic E-state index is 12.6. The van der Waals surface area contributed by atoms with E-state index in [0.29, 0.717) is 12.8 Å². The molecule has 0 radical (unpaired) electrons. The highest BCUT2D eigenvalue weighted by atomic mass is 31.2. The van der Waals surface area contributed by atoms with Crippen LogP contribution < -0.4 is 5.73 Å². The summed E-state index contributed by atoms with van der Waals surface area (Å²) in [5.41, 5.74) is 5.35. The van der Waals surface area contributed by atoms with Crippen molar-refractivity contribution in [2.24, 2.45) is 5.73 Å². The van der Waals surface area contributed by atoms with E-state index in [1.165, 1.54) is 89.9 Å². The normalized spacial score (nSPS) is 13.9. The number of carbonyl (C=O) groups is 2. The fourth-order valence-electron chi connectivity index (χ4n) is 6.19. The van der Waals surface area contributed by atoms with Gasteiger partial charge in [-0.2, -0.15) is 0 Å². The number of rotatable bonds is 43. The molecule has 1 unspecified atom stereocenters. The lowest BCUT2D eigenvalue weighted by Crippen LogP contribution is -2.29. The molecule has 340 valence electrons. The third-order valence-corrected chi connectivity index (χ3v) is 10.6. The number of esters is 2. The van der Waals surface area contributed by atoms with Crippen LogP contribution in [0.15, 0.2) is 72.9 Å². The van der Waals surface area contributed by atoms with Gasteiger partial charge in [0.1, 0.15) is 6.61 Å². The van der Waals surface area contributed by atoms with Crippen LogP contribution >= 0.6 is 7.82 Å². The predicted octanol–water partition coefficient (Wildman–Crippen LogP) is 13.8. The van der Waals surface area contributed by atoms with Crippen LogP contribution in [0.25, 0.3) is 0 Å². The average molecular weight is 848 g/mol. The first-order chi connectivity index (χ1) is 28.8. The summed E-state index contributed by atoms with van der Waals surface area (Å²) >= 11 is 0. The Morgan fingerprint density at radius 1 is 0.525 bits per heavy atom. The molecular weight excluding hydrogens is 762 g/mol. The van der Waals surface area contributed by atoms with Crippen molar-refractivity contribution in [2.45, 2.75) is 200 Å². The Hall–Kier alpha value is -2.55. The summed E-state index contributed by atoms with van der Waals surface area (Å²) in [6.07, 6.45) is 55.3. The Balaban J connectivity index is 4.16. The van der Waals surface area contributed by atoms with Crippen molar-refractivity contribution in [3.63, 3.8) is 0 Å². The van der Waals surface area contributed by atoms with E-state index in [4.69, 9.17) is 24.3 Å². The zero-order valence-corrected chi connectivity index (χ0v) is 38.4. The molecule has 9 nitrogen and oxygen atoms in total. The van der Waals surface area contributed by atoms with E-state index in [1.54, 1.807) is 0 Å². The largest absolute Gasteiger partial charge is 0.472 e. The van der Waals surface area contributed by atoms with E-state index in [-0.39, 0.29) is 32.6 Å². The number of unbranched alkanes of at least 4 members (excludes halogenated alkanes) is 21. The number of hydrogen-bond donors (Lipinski definition) is 2. The molecule has 0 aromatic heterocycles. The summed E-state index contributed by atoms with van der Waals surface area (Å²) in [6, 6.07) is 0. The van der Waals surface area contributed by atoms with Gasteiger partial charge in [0.25, 0.3) is 0 Å². The van der Waals surface area contributed by atoms with Gasteiger partial charge in [0, 0.05) is 19.4 Å². The third-order valence-electron chi connectivity index (χ3n) is 9.65. The number of carbonyl (C=O) groups excluding carboxylic acids is 2. The fourth-order valence-corrected chi connectivity index (χ4v) is 6.96. The molecule has 10 heteroatoms. The highest BCUT2D eigenvalue weighted by Gasteiger charge is 2.26. The van der Waals surface area contributed by atoms with Crippen LogP contribution in [-0.4, -0.2) is 49.3 Å². The van der Waals surface area contributed by atoms with Crippen LogP contribution in [-0.2, 0) is 32.7 Å². The standard InChI is InChI=1S/C49H86NO8P/c1-3-5-7-9-11-13-15-17-19-20-21-22-23-24-25-26-28-29-31-33-35-37-39-41-48(51)55-45-47(46-57-59(53,54)56-44-43-50)58-49(52)42-40-38-36-34-32-30-27-18-16-14-12-10-8-6-4-2/h6,8,10,12,14,16,18,26-28,33,35,47H,3-5,7,9,11,13,15,17,19-25,29-32,34,36-46,50H2,1-2H3,(H,53,54)/b8-6+,12-10+,16-14+,27-18+,28-26+,35-33+/t47-/m0/s1. The first-order valence-corrected chi connectivity index (χ1v) is 25.0. The first kappa shape index (κ1) is 56.5. The van der Waals surface area contributed by atoms with Gasteiger partial charge in [-0.25, -0.2) is 4.57 Å². The number of nitrogens with two attached hydrogens (primary N) is 1. The van der Waals surface area contributed by atoms with Gasteiger partial charge < -0.3 is 20.1 Å². The van der Waals surface area contributed by atoms with E-state index in [1.807, 2.05) is 30.4 Å². The molecule has 0 bridgehead atoms. The first-order valence-electron chi connectivity index (χ1n) is 23.5. The number of ether oxygens (including phenoxy) is 2. The molecule has 0 heterocycles. The topological polar surface area (TPSA) is 134 Å². The summed E-state index contributed by atoms with van der Waals surface area (Å²) in [5.74, 6) is -0.908. The molecule has 3 N–H and O–H groups in total. The van der Waals surface area contributed by atoms with E-state index in [2.05, 4.69) is 56.4 Å². The van der Waals surface area contributed by atoms with Crippen LogP contribution in [0.5, 0.6) is 0 Å². The Kier molecular flexibility index (Phi) is 43.0. The lowest BCUT2D eigenvalue weighted by atomic mass is 10.0. The van der Waals surface area contributed by atoms with Crippen LogP contribution in [0.2, 0.25) is 0 Å². The molecule has 0 aliphatic heterocycles. The molecule has 59 heavy (non-hydrogen) atoms. The van der Waals surface area contributed by atoms with Crippen molar-refractivity contribution in [3.8, 4) is 0 Å². The van der Waals surface area contributed by atoms with Gasteiger partial charge >= 0.3 is 19.8 Å². The van der Waals surface area contributed by atoms with Gasteiger partial charge in [-0.05, 0) is 64.2 Å². The second-order valence-corrected chi connectivity index (χ2v) is 16.8. The lowest BCUT2D eigenvalue weighted by Gasteiger charge is -2.19. The smallest absolute Gasteiger partial charge is 0.462 e. The van der Waals surface area contributed by atoms with E-state index < -0.39 is 32.5 Å². The van der Waals surface area contributed by atoms with Crippen molar-refractivity contribution in [1.29, 1.82) is 0 Å². The number of phosphoric acid groups is 1. The fraction of sp³-hybridized carbons (Fsp3) is 0.714. The van der Waals surface area contributed by atoms with E-state index in [0.717, 1.165) is 64.2 Å². The minimum atomic E-state index is -4.40. The molecule has 0 aliphatic rings. The molecule has 2 atom stereocenters. The third kappa shape index (κ3) is 44.8. The predicted molar refractivity (Wildman–Crippen MR) is 247 cm³/mol. The van der Waals surface area contributed by atoms with Crippen LogP contribution in [0.1, 0.15) is 194 Å². The Morgan fingerprint density at radius 3 is 1.54 bits per heavy atom. The molecular formula is C49H86NO8P. The SMILES string of the molecule is CC/C=C/C=C/C=C/C=C/CCCCCCCC(=O)O[C@@H](COC(=O)CCC/C=C/CC/C=C/CCCCCCCCCCCCCCCC)COP(=O)(O)OCCN. The summed E-state index contributed by atoms with van der Waals surface area (Å²) in [7, 11) is -4.40. The monoisotopic (exact) mass is 848 g/mol. The summed E-state index contributed by atoms with van der Waals surface area (Å²) < 4.78 is 32.7. The maximum Gasteiger partial charge on any atom is 0.472 e. The minimum absolute atomic E-state index is 0.0407. The average Bonchev–Trinajstić information content (AvgIpc) is 3.22. The quantitative estimate of drug-likeness (QED) is 0.0202. The molecule has 0 fully saturated rings. The zero-order valence-electron chi connectivity index (χ0n) is 37.5. The number of allylic oxidation sites excluding steroid dienone is 12. The van der Waals surface area contributed by atoms with Gasteiger partial charge in [0.05, 0.1) is 13.2 Å². The van der Waals surface area contributed by atoms with Crippen molar-refractivity contribution < 1.29 is 37.6 Å². The van der Waals surface area contributed by atoms with Crippen molar-refractivity contribution in [3.05, 3.63) is 72.9 Å². The van der Waals surface area contributed by atoms with Crippen LogP contribution in [0.4, 0.5) is 0 Å². The Bertz CT molecular complexity index is 1190. The van der Waals surface area contributed by atoms with Gasteiger partial charge in [0.2, 0.25) is 0 Å². The maximum absolute atomic E-state index is 12.6. The van der Waals surface area contributed by atoms with Gasteiger partial charge in [-0.1, -0.05) is 189 Å². The van der Waals surface area contributed by atoms with Gasteiger partial charge in [-0.15, -0.1) is 0 Å². The Labute approximate surface area is 361 Å². The van der Waals surface area contributed by atoms with E-state index >= 15 is 0 Å². The summed E-state index contributed by atoms with van der Waals surface area (Å²) in [5, 5.41) is 0. The molecule has 0 amide bonds. The molecule has 0 spiro atoms. The Morgan fingerprint density at radius 2 is 0.983 bits per heavy atom. The molecule has 0 rings (SSSR count). The van der Waals surface area contributed by atoms with Gasteiger partial charge in [0.15, 0.2) is 6.10 Å². The van der Waals surface area contributed by atoms with Crippen molar-refractivity contribution in [2.75, 3.05) is 26.4 Å². The van der Waals surface area contributed by atoms with Crippen molar-refractivity contribution >= 4 is 19.8 Å². The van der Waals surface area contributed by atoms with Crippen LogP contribution in [0.3, 0.4) is 0 Å². The van der Waals surface area contributed by atoms with E-state index in [9.17, 15) is 19.0 Å². The van der Waals surface area contributed by atoms with Crippen LogP contribution in [0, 0.1) is 0 Å². The number of hydrogen-bond acceptors (Lipinski definition) is 8. The summed E-state index contributed by atoms with van der Waals surface area (Å²) in [6.45, 7) is 3.52. The second-order valence-electron chi connectivity index (χ2n) is 15.3. The van der Waals surface area contributed by atoms with Gasteiger partial charge in [-0.3, -0.25) is 18.6 Å². The molecule has 0 aromatic rings. The molecule has 0 saturated heterocycles.